The number of rotatable bonds is 4. The highest BCUT2D eigenvalue weighted by Gasteiger charge is 2.44. The van der Waals surface area contributed by atoms with E-state index in [1.54, 1.807) is 31.1 Å². The Hall–Kier alpha value is -3.67. The van der Waals surface area contributed by atoms with Crippen molar-refractivity contribution in [3.63, 3.8) is 0 Å². The predicted molar refractivity (Wildman–Crippen MR) is 203 cm³/mol. The molecule has 1 aromatic heterocycles. The number of carbonyl (C=O) groups is 2. The molecular weight excluding hydrogens is 698 g/mol. The maximum Gasteiger partial charge on any atom is 0.286 e. The van der Waals surface area contributed by atoms with Gasteiger partial charge in [-0.2, -0.15) is 5.10 Å². The van der Waals surface area contributed by atoms with Crippen LogP contribution >= 0.6 is 11.6 Å². The van der Waals surface area contributed by atoms with Gasteiger partial charge in [0.15, 0.2) is 0 Å². The number of nitrogens with one attached hydrogen (secondary N) is 1. The van der Waals surface area contributed by atoms with Crippen LogP contribution in [0.25, 0.3) is 0 Å². The van der Waals surface area contributed by atoms with Gasteiger partial charge in [0.1, 0.15) is 15.7 Å². The first kappa shape index (κ1) is 35.4. The number of amides is 2. The molecule has 2 aliphatic heterocycles. The Bertz CT molecular complexity index is 2050. The van der Waals surface area contributed by atoms with Gasteiger partial charge in [-0.3, -0.25) is 19.0 Å². The van der Waals surface area contributed by atoms with Crippen LogP contribution < -0.4 is 14.4 Å². The van der Waals surface area contributed by atoms with Gasteiger partial charge < -0.3 is 14.4 Å². The number of allylic oxidation sites excluding steroid dienone is 1. The lowest BCUT2D eigenvalue weighted by Crippen LogP contribution is -2.49. The summed E-state index contributed by atoms with van der Waals surface area (Å²) in [6.07, 6.45) is 13.5. The first-order chi connectivity index (χ1) is 25.0. The molecule has 3 aliphatic carbocycles. The Balaban J connectivity index is 1.19. The van der Waals surface area contributed by atoms with Crippen molar-refractivity contribution in [3.8, 4) is 5.75 Å². The molecule has 3 heterocycles. The monoisotopic (exact) mass is 745 g/mol. The van der Waals surface area contributed by atoms with E-state index in [9.17, 15) is 13.8 Å². The third-order valence-electron chi connectivity index (χ3n) is 11.8. The first-order valence-corrected chi connectivity index (χ1v) is 20.7. The van der Waals surface area contributed by atoms with Crippen LogP contribution in [0.1, 0.15) is 95.3 Å². The molecule has 0 saturated heterocycles. The number of anilines is 1. The van der Waals surface area contributed by atoms with Crippen LogP contribution in [0.5, 0.6) is 5.75 Å². The minimum absolute atomic E-state index is 0.0175. The van der Waals surface area contributed by atoms with Crippen molar-refractivity contribution in [2.24, 2.45) is 29.2 Å². The molecule has 5 aliphatic rings. The molecule has 2 bridgehead atoms. The van der Waals surface area contributed by atoms with Gasteiger partial charge in [0.05, 0.1) is 35.4 Å². The molecule has 52 heavy (non-hydrogen) atoms. The number of aromatic nitrogens is 2. The van der Waals surface area contributed by atoms with E-state index in [0.717, 1.165) is 68.7 Å². The van der Waals surface area contributed by atoms with Crippen LogP contribution in [0.15, 0.2) is 59.1 Å². The normalized spacial score (nSPS) is 30.9. The minimum Gasteiger partial charge on any atom is -0.490 e. The summed E-state index contributed by atoms with van der Waals surface area (Å²) < 4.78 is 36.1. The second kappa shape index (κ2) is 14.0. The second-order valence-corrected chi connectivity index (χ2v) is 18.2. The molecule has 2 amide bonds. The van der Waals surface area contributed by atoms with Gasteiger partial charge in [0.25, 0.3) is 11.8 Å². The van der Waals surface area contributed by atoms with Crippen LogP contribution in [-0.2, 0) is 33.5 Å². The Kier molecular flexibility index (Phi) is 9.49. The number of methoxy groups -OCH3 is 1. The lowest BCUT2D eigenvalue weighted by molar-refractivity contribution is 0.0131. The average Bonchev–Trinajstić information content (AvgIpc) is 3.89. The zero-order valence-electron chi connectivity index (χ0n) is 30.2. The van der Waals surface area contributed by atoms with E-state index >= 15 is 0 Å². The fourth-order valence-electron chi connectivity index (χ4n) is 8.91. The highest BCUT2D eigenvalue weighted by Crippen LogP contribution is 2.47. The first-order valence-electron chi connectivity index (χ1n) is 18.7. The van der Waals surface area contributed by atoms with Crippen molar-refractivity contribution in [1.82, 2.24) is 14.5 Å². The summed E-state index contributed by atoms with van der Waals surface area (Å²) in [7, 11) is 0.00628. The summed E-state index contributed by atoms with van der Waals surface area (Å²) in [6, 6.07) is 11.6. The largest absolute Gasteiger partial charge is 0.490 e. The Labute approximate surface area is 311 Å². The molecule has 2 saturated carbocycles. The van der Waals surface area contributed by atoms with Crippen LogP contribution in [-0.4, -0.2) is 64.5 Å². The van der Waals surface area contributed by atoms with Crippen molar-refractivity contribution >= 4 is 39.0 Å². The minimum atomic E-state index is -3.54. The van der Waals surface area contributed by atoms with Crippen molar-refractivity contribution in [3.05, 3.63) is 87.7 Å². The van der Waals surface area contributed by atoms with E-state index in [1.165, 1.54) is 11.1 Å². The van der Waals surface area contributed by atoms with Crippen molar-refractivity contribution < 1.29 is 23.3 Å². The zero-order valence-corrected chi connectivity index (χ0v) is 31.8. The Morgan fingerprint density at radius 3 is 2.77 bits per heavy atom. The molecule has 10 nitrogen and oxygen atoms in total. The van der Waals surface area contributed by atoms with E-state index < -0.39 is 21.7 Å². The quantitative estimate of drug-likeness (QED) is 0.286. The zero-order chi connectivity index (χ0) is 36.2. The van der Waals surface area contributed by atoms with Gasteiger partial charge in [-0.25, -0.2) is 4.21 Å². The fourth-order valence-corrected chi connectivity index (χ4v) is 11.0. The van der Waals surface area contributed by atoms with Crippen molar-refractivity contribution in [2.45, 2.75) is 75.7 Å². The van der Waals surface area contributed by atoms with E-state index in [1.807, 2.05) is 25.1 Å². The third-order valence-corrected chi connectivity index (χ3v) is 14.1. The topological polar surface area (TPSA) is 115 Å². The van der Waals surface area contributed by atoms with Gasteiger partial charge in [-0.05, 0) is 111 Å². The highest BCUT2D eigenvalue weighted by molar-refractivity contribution is 7.92. The fraction of sp³-hybridized carbons (Fsp3) is 0.525. The third kappa shape index (κ3) is 6.92. The number of halogens is 1. The van der Waals surface area contributed by atoms with E-state index in [4.69, 9.17) is 21.1 Å². The number of carbonyl (C=O) groups excluding carboxylic acids is 2. The lowest BCUT2D eigenvalue weighted by atomic mass is 9.68. The van der Waals surface area contributed by atoms with Gasteiger partial charge in [0.2, 0.25) is 0 Å². The summed E-state index contributed by atoms with van der Waals surface area (Å²) in [5.74, 6) is 0.382. The molecule has 1 spiro atoms. The maximum atomic E-state index is 14.7. The van der Waals surface area contributed by atoms with Crippen LogP contribution in [0.3, 0.4) is 0 Å². The summed E-state index contributed by atoms with van der Waals surface area (Å²) >= 11 is 6.47. The smallest absolute Gasteiger partial charge is 0.286 e. The molecular formula is C40H48ClN5O5S. The summed E-state index contributed by atoms with van der Waals surface area (Å²) in [5, 5.41) is 5.26. The maximum absolute atomic E-state index is 14.7. The number of benzene rings is 2. The number of aryl methyl sites for hydroxylation is 2. The van der Waals surface area contributed by atoms with Crippen molar-refractivity contribution in [1.29, 1.82) is 0 Å². The van der Waals surface area contributed by atoms with Crippen LogP contribution in [0.4, 0.5) is 5.69 Å². The molecule has 2 aromatic carbocycles. The molecule has 6 atom stereocenters. The highest BCUT2D eigenvalue weighted by atomic mass is 35.5. The van der Waals surface area contributed by atoms with E-state index in [0.29, 0.717) is 47.4 Å². The van der Waals surface area contributed by atoms with Gasteiger partial charge in [-0.15, -0.1) is 4.36 Å². The second-order valence-electron chi connectivity index (χ2n) is 15.8. The SMILES string of the molecule is CO[C@H]1/C=C/C[C@H](C)CS(=O)(NC(=O)c2cn(C)nc2C2CC2)=NC(=O)c2ccc3c(c2)N(C[C@@H]2CC[C@H]21)C[C@@]1(CCCc2cc(Cl)ccc21)CO3. The molecule has 0 radical (unpaired) electrons. The molecule has 1 N–H and O–H groups in total. The number of hydrogen-bond acceptors (Lipinski definition) is 7. The molecule has 12 heteroatoms. The van der Waals surface area contributed by atoms with Gasteiger partial charge >= 0.3 is 0 Å². The summed E-state index contributed by atoms with van der Waals surface area (Å²) in [4.78, 5) is 30.2. The summed E-state index contributed by atoms with van der Waals surface area (Å²) in [6.45, 7) is 3.98. The molecule has 276 valence electrons. The Morgan fingerprint density at radius 1 is 1.15 bits per heavy atom. The van der Waals surface area contributed by atoms with E-state index in [2.05, 4.69) is 43.4 Å². The van der Waals surface area contributed by atoms with E-state index in [-0.39, 0.29) is 29.1 Å². The lowest BCUT2D eigenvalue weighted by Gasteiger charge is -2.46. The average molecular weight is 746 g/mol. The molecule has 2 fully saturated rings. The van der Waals surface area contributed by atoms with Crippen LogP contribution in [0.2, 0.25) is 5.02 Å². The molecule has 3 aromatic rings. The molecule has 8 rings (SSSR count). The number of nitrogens with zero attached hydrogens (tertiary/aromatic N) is 4. The predicted octanol–water partition coefficient (Wildman–Crippen LogP) is 7.01. The van der Waals surface area contributed by atoms with Gasteiger partial charge in [0, 0.05) is 55.4 Å². The Morgan fingerprint density at radius 2 is 2.00 bits per heavy atom. The van der Waals surface area contributed by atoms with Crippen LogP contribution in [0, 0.1) is 17.8 Å². The summed E-state index contributed by atoms with van der Waals surface area (Å²) in [5.41, 5.74) is 4.50. The van der Waals surface area contributed by atoms with Crippen molar-refractivity contribution in [2.75, 3.05) is 37.5 Å². The standard InChI is InChI=1S/C40H48ClN5O5S/c1-25-6-4-8-35(50-3)31-14-11-29(31)20-46-23-40(17-5-7-27-18-30(41)13-15-33(27)40)24-51-36-16-12-28(19-34(36)46)38(47)43-52(49,22-25)44-39(48)32-21-45(2)42-37(32)26-9-10-26/h4,8,12-13,15-16,18-19,21,25-26,29,31,35H,5-7,9-11,14,17,20,22-24H2,1-3H3,(H,43,44,47,48,49)/b8-4+/t25-,29-,31+,35-,40-,52?/m0/s1. The van der Waals surface area contributed by atoms with Gasteiger partial charge in [-0.1, -0.05) is 36.7 Å². The number of fused-ring (bicyclic) bond motifs is 4. The molecule has 1 unspecified atom stereocenters. The number of hydrogen-bond donors (Lipinski definition) is 1. The number of ether oxygens (including phenoxy) is 2.